The van der Waals surface area contributed by atoms with Crippen LogP contribution in [0.2, 0.25) is 30.7 Å². The molecule has 2 aliphatic rings. The fourth-order valence-electron chi connectivity index (χ4n) is 6.25. The van der Waals surface area contributed by atoms with Crippen LogP contribution >= 0.6 is 22.9 Å². The van der Waals surface area contributed by atoms with Gasteiger partial charge in [0.1, 0.15) is 23.7 Å². The van der Waals surface area contributed by atoms with Gasteiger partial charge < -0.3 is 24.3 Å². The van der Waals surface area contributed by atoms with Gasteiger partial charge in [0, 0.05) is 50.1 Å². The van der Waals surface area contributed by atoms with Gasteiger partial charge in [-0.05, 0) is 58.6 Å². The summed E-state index contributed by atoms with van der Waals surface area (Å²) in [4.78, 5) is 29.5. The number of amides is 1. The second-order valence-corrected chi connectivity index (χ2v) is 20.8. The minimum absolute atomic E-state index is 0.0827. The number of nitrogens with zero attached hydrogens (tertiary/aromatic N) is 5. The zero-order valence-corrected chi connectivity index (χ0v) is 28.4. The van der Waals surface area contributed by atoms with E-state index in [4.69, 9.17) is 31.0 Å². The Bertz CT molecular complexity index is 1630. The number of benzene rings is 1. The van der Waals surface area contributed by atoms with E-state index < -0.39 is 13.7 Å². The highest BCUT2D eigenvalue weighted by Crippen LogP contribution is 2.42. The summed E-state index contributed by atoms with van der Waals surface area (Å²) in [6.07, 6.45) is 7.46. The molecule has 2 fully saturated rings. The first-order valence-corrected chi connectivity index (χ1v) is 20.1. The molecule has 1 aromatic carbocycles. The highest BCUT2D eigenvalue weighted by Gasteiger charge is 2.42. The van der Waals surface area contributed by atoms with Gasteiger partial charge in [-0.25, -0.2) is 19.7 Å². The van der Waals surface area contributed by atoms with Gasteiger partial charge in [0.15, 0.2) is 5.65 Å². The molecule has 1 N–H and O–H groups in total. The van der Waals surface area contributed by atoms with E-state index in [0.29, 0.717) is 18.4 Å². The molecular formula is C31H41ClN6O3SSi. The van der Waals surface area contributed by atoms with Crippen molar-refractivity contribution in [2.24, 2.45) is 0 Å². The molecule has 0 spiro atoms. The van der Waals surface area contributed by atoms with E-state index in [9.17, 15) is 4.79 Å². The predicted octanol–water partition coefficient (Wildman–Crippen LogP) is 7.70. The van der Waals surface area contributed by atoms with Crippen molar-refractivity contribution in [3.63, 3.8) is 0 Å². The van der Waals surface area contributed by atoms with E-state index in [1.54, 1.807) is 11.3 Å². The number of hydrogen-bond donors (Lipinski definition) is 1. The van der Waals surface area contributed by atoms with Crippen molar-refractivity contribution in [3.8, 4) is 11.1 Å². The first kappa shape index (κ1) is 30.3. The molecule has 2 unspecified atom stereocenters. The molecule has 3 aromatic heterocycles. The fraction of sp³-hybridized carbons (Fsp3) is 0.548. The summed E-state index contributed by atoms with van der Waals surface area (Å²) in [5, 5.41) is 3.79. The maximum Gasteiger partial charge on any atom is 0.407 e. The number of carbonyl (C=O) groups is 1. The largest absolute Gasteiger partial charge is 0.444 e. The lowest BCUT2D eigenvalue weighted by Crippen LogP contribution is -2.51. The van der Waals surface area contributed by atoms with Crippen LogP contribution in [0.15, 0.2) is 30.0 Å². The van der Waals surface area contributed by atoms with E-state index in [1.807, 2.05) is 44.6 Å². The van der Waals surface area contributed by atoms with Crippen molar-refractivity contribution in [3.05, 3.63) is 35.1 Å². The zero-order chi connectivity index (χ0) is 30.5. The van der Waals surface area contributed by atoms with Crippen LogP contribution in [0, 0.1) is 0 Å². The van der Waals surface area contributed by atoms with Crippen molar-refractivity contribution >= 4 is 64.3 Å². The number of nitrogens with one attached hydrogen (secondary N) is 1. The SMILES string of the molecule is CC(C)(C)OC(=O)NC1CC2CCC(C1)N2c1cnc2c(-c3ccc4ncsc4c3Cl)cn(COCC[Si](C)(C)C)c2n1. The molecule has 230 valence electrons. The molecule has 6 rings (SSSR count). The third kappa shape index (κ3) is 6.55. The number of ether oxygens (including phenoxy) is 2. The Labute approximate surface area is 263 Å². The zero-order valence-electron chi connectivity index (χ0n) is 25.8. The number of fused-ring (bicyclic) bond motifs is 4. The first-order chi connectivity index (χ1) is 20.4. The van der Waals surface area contributed by atoms with Crippen molar-refractivity contribution in [1.29, 1.82) is 0 Å². The molecular weight excluding hydrogens is 600 g/mol. The Kier molecular flexibility index (Phi) is 8.21. The molecule has 2 bridgehead atoms. The highest BCUT2D eigenvalue weighted by atomic mass is 35.5. The Morgan fingerprint density at radius 3 is 2.58 bits per heavy atom. The van der Waals surface area contributed by atoms with Crippen LogP contribution in [0.4, 0.5) is 10.6 Å². The van der Waals surface area contributed by atoms with Gasteiger partial charge in [-0.2, -0.15) is 0 Å². The van der Waals surface area contributed by atoms with Crippen LogP contribution in [-0.4, -0.2) is 64.0 Å². The number of anilines is 1. The molecule has 9 nitrogen and oxygen atoms in total. The lowest BCUT2D eigenvalue weighted by molar-refractivity contribution is 0.0492. The Balaban J connectivity index is 1.29. The predicted molar refractivity (Wildman–Crippen MR) is 177 cm³/mol. The van der Waals surface area contributed by atoms with Crippen LogP contribution < -0.4 is 10.2 Å². The monoisotopic (exact) mass is 640 g/mol. The third-order valence-corrected chi connectivity index (χ3v) is 11.3. The number of thiazole rings is 1. The Morgan fingerprint density at radius 1 is 1.14 bits per heavy atom. The topological polar surface area (TPSA) is 94.4 Å². The second-order valence-electron chi connectivity index (χ2n) is 14.0. The van der Waals surface area contributed by atoms with Gasteiger partial charge in [0.05, 0.1) is 26.9 Å². The number of carbonyl (C=O) groups excluding carboxylic acids is 1. The summed E-state index contributed by atoms with van der Waals surface area (Å²) >= 11 is 8.47. The van der Waals surface area contributed by atoms with Crippen LogP contribution in [0.5, 0.6) is 0 Å². The molecule has 43 heavy (non-hydrogen) atoms. The van der Waals surface area contributed by atoms with Crippen molar-refractivity contribution in [2.75, 3.05) is 11.5 Å². The van der Waals surface area contributed by atoms with Gasteiger partial charge in [0.2, 0.25) is 0 Å². The molecule has 2 saturated heterocycles. The highest BCUT2D eigenvalue weighted by molar-refractivity contribution is 7.17. The van der Waals surface area contributed by atoms with Crippen LogP contribution in [0.3, 0.4) is 0 Å². The van der Waals surface area contributed by atoms with Crippen LogP contribution in [0.25, 0.3) is 32.5 Å². The van der Waals surface area contributed by atoms with Crippen molar-refractivity contribution < 1.29 is 14.3 Å². The van der Waals surface area contributed by atoms with Crippen LogP contribution in [-0.2, 0) is 16.2 Å². The minimum Gasteiger partial charge on any atom is -0.444 e. The van der Waals surface area contributed by atoms with Gasteiger partial charge in [-0.1, -0.05) is 37.3 Å². The standard InChI is InChI=1S/C31H41ClN6O3SSi/c1-31(2,3)41-30(39)35-19-13-20-7-8-21(14-19)38(20)25-15-33-27-23(22-9-10-24-28(26(22)32)42-17-34-24)16-37(29(27)36-25)18-40-11-12-43(4,5)6/h9-10,15-17,19-21H,7-8,11-14,18H2,1-6H3,(H,35,39). The quantitative estimate of drug-likeness (QED) is 0.156. The summed E-state index contributed by atoms with van der Waals surface area (Å²) in [6.45, 7) is 13.8. The minimum atomic E-state index is -1.22. The fourth-order valence-corrected chi connectivity index (χ4v) is 8.13. The normalized spacial score (nSPS) is 20.7. The average molecular weight is 641 g/mol. The number of hydrogen-bond acceptors (Lipinski definition) is 8. The van der Waals surface area contributed by atoms with Gasteiger partial charge in [-0.15, -0.1) is 11.3 Å². The number of halogens is 1. The molecule has 4 aromatic rings. The van der Waals surface area contributed by atoms with Gasteiger partial charge >= 0.3 is 6.09 Å². The molecule has 2 aliphatic heterocycles. The number of rotatable bonds is 8. The maximum atomic E-state index is 12.5. The summed E-state index contributed by atoms with van der Waals surface area (Å²) in [7, 11) is -1.22. The smallest absolute Gasteiger partial charge is 0.407 e. The Morgan fingerprint density at radius 2 is 1.88 bits per heavy atom. The number of piperidine rings is 1. The lowest BCUT2D eigenvalue weighted by Gasteiger charge is -2.39. The van der Waals surface area contributed by atoms with Gasteiger partial charge in [0.25, 0.3) is 0 Å². The van der Waals surface area contributed by atoms with Crippen LogP contribution in [0.1, 0.15) is 46.5 Å². The molecule has 2 atom stereocenters. The van der Waals surface area contributed by atoms with E-state index >= 15 is 0 Å². The Hall–Kier alpha value is -2.73. The summed E-state index contributed by atoms with van der Waals surface area (Å²) in [5.41, 5.74) is 5.64. The summed E-state index contributed by atoms with van der Waals surface area (Å²) in [6, 6.07) is 5.77. The number of aromatic nitrogens is 4. The summed E-state index contributed by atoms with van der Waals surface area (Å²) < 4.78 is 14.7. The molecule has 0 saturated carbocycles. The first-order valence-electron chi connectivity index (χ1n) is 15.1. The second kappa shape index (κ2) is 11.6. The number of alkyl carbamates (subject to hydrolysis) is 1. The average Bonchev–Trinajstić information content (AvgIpc) is 3.60. The third-order valence-electron chi connectivity index (χ3n) is 8.23. The van der Waals surface area contributed by atoms with Crippen molar-refractivity contribution in [1.82, 2.24) is 24.8 Å². The molecule has 1 amide bonds. The van der Waals surface area contributed by atoms with E-state index in [0.717, 1.165) is 70.1 Å². The lowest BCUT2D eigenvalue weighted by atomic mass is 9.97. The molecule has 0 radical (unpaired) electrons. The molecule has 5 heterocycles. The van der Waals surface area contributed by atoms with E-state index in [-0.39, 0.29) is 24.2 Å². The van der Waals surface area contributed by atoms with E-state index in [1.165, 1.54) is 0 Å². The molecule has 12 heteroatoms. The van der Waals surface area contributed by atoms with E-state index in [2.05, 4.69) is 45.6 Å². The molecule has 0 aliphatic carbocycles. The van der Waals surface area contributed by atoms with Crippen molar-refractivity contribution in [2.45, 2.75) is 103 Å². The maximum absolute atomic E-state index is 12.5. The van der Waals surface area contributed by atoms with Gasteiger partial charge in [-0.3, -0.25) is 0 Å². The summed E-state index contributed by atoms with van der Waals surface area (Å²) in [5.74, 6) is 0.868.